The van der Waals surface area contributed by atoms with Crippen LogP contribution in [0.2, 0.25) is 9.36 Å². The number of nitrogens with zero attached hydrogens (tertiary/aromatic N) is 2. The number of carboxylic acids is 1. The lowest BCUT2D eigenvalue weighted by atomic mass is 10.1. The van der Waals surface area contributed by atoms with Crippen LogP contribution in [0.1, 0.15) is 34.2 Å². The number of carbonyl (C=O) groups excluding carboxylic acids is 1. The van der Waals surface area contributed by atoms with Crippen molar-refractivity contribution in [1.82, 2.24) is 9.88 Å². The molecule has 1 unspecified atom stereocenters. The summed E-state index contributed by atoms with van der Waals surface area (Å²) in [6.45, 7) is 0. The number of fused-ring (bicyclic) bond motifs is 1. The Bertz CT molecular complexity index is 1200. The summed E-state index contributed by atoms with van der Waals surface area (Å²) in [5, 5.41) is 9.49. The van der Waals surface area contributed by atoms with E-state index in [1.54, 1.807) is 42.5 Å². The van der Waals surface area contributed by atoms with Gasteiger partial charge in [0.15, 0.2) is 0 Å². The number of halogens is 2. The molecule has 0 aliphatic heterocycles. The standard InChI is InChI=1S/C24H24Cl2N2O3S3/c1-28(2)19(29)10-12-32-24(33-13-11-20(30)31)16-5-3-4-15(14-16)6-7-17-8-9-18-22(27-17)21(25)23(26)34-18/h3-9,14,24H,10-13H2,1-2H3,(H,30,31). The van der Waals surface area contributed by atoms with Crippen LogP contribution in [0.5, 0.6) is 0 Å². The first-order valence-corrected chi connectivity index (χ1v) is 14.1. The van der Waals surface area contributed by atoms with Crippen LogP contribution in [0.15, 0.2) is 36.4 Å². The van der Waals surface area contributed by atoms with E-state index in [0.29, 0.717) is 32.8 Å². The van der Waals surface area contributed by atoms with Gasteiger partial charge >= 0.3 is 5.97 Å². The van der Waals surface area contributed by atoms with Crippen LogP contribution >= 0.6 is 58.1 Å². The lowest BCUT2D eigenvalue weighted by molar-refractivity contribution is -0.136. The van der Waals surface area contributed by atoms with E-state index in [1.165, 1.54) is 11.3 Å². The molecule has 0 spiro atoms. The van der Waals surface area contributed by atoms with Crippen molar-refractivity contribution in [3.05, 3.63) is 62.6 Å². The molecule has 5 nitrogen and oxygen atoms in total. The van der Waals surface area contributed by atoms with Crippen molar-refractivity contribution in [2.24, 2.45) is 0 Å². The molecule has 0 saturated carbocycles. The van der Waals surface area contributed by atoms with Crippen molar-refractivity contribution in [2.45, 2.75) is 17.4 Å². The minimum atomic E-state index is -0.813. The third-order valence-electron chi connectivity index (χ3n) is 4.76. The topological polar surface area (TPSA) is 70.5 Å². The molecule has 1 N–H and O–H groups in total. The summed E-state index contributed by atoms with van der Waals surface area (Å²) in [6, 6.07) is 12.0. The Morgan fingerprint density at radius 3 is 2.56 bits per heavy atom. The molecule has 1 atom stereocenters. The van der Waals surface area contributed by atoms with Crippen molar-refractivity contribution >= 4 is 92.3 Å². The van der Waals surface area contributed by atoms with E-state index < -0.39 is 5.97 Å². The number of amides is 1. The normalized spacial score (nSPS) is 12.4. The third-order valence-corrected chi connectivity index (χ3v) is 9.53. The van der Waals surface area contributed by atoms with Gasteiger partial charge in [-0.3, -0.25) is 9.59 Å². The highest BCUT2D eigenvalue weighted by Gasteiger charge is 2.15. The number of hydrogen-bond donors (Lipinski definition) is 1. The van der Waals surface area contributed by atoms with Crippen molar-refractivity contribution in [3.8, 4) is 0 Å². The van der Waals surface area contributed by atoms with Crippen LogP contribution in [0.25, 0.3) is 22.4 Å². The number of rotatable bonds is 11. The van der Waals surface area contributed by atoms with Gasteiger partial charge in [0, 0.05) is 32.0 Å². The Hall–Kier alpha value is -1.71. The molecule has 0 radical (unpaired) electrons. The van der Waals surface area contributed by atoms with E-state index in [2.05, 4.69) is 11.1 Å². The van der Waals surface area contributed by atoms with Gasteiger partial charge in [-0.1, -0.05) is 47.5 Å². The number of thiophene rings is 1. The average Bonchev–Trinajstić information content (AvgIpc) is 3.09. The highest BCUT2D eigenvalue weighted by molar-refractivity contribution is 8.16. The molecular weight excluding hydrogens is 531 g/mol. The molecule has 2 heterocycles. The van der Waals surface area contributed by atoms with E-state index in [-0.39, 0.29) is 16.9 Å². The van der Waals surface area contributed by atoms with E-state index in [9.17, 15) is 9.59 Å². The van der Waals surface area contributed by atoms with E-state index in [4.69, 9.17) is 28.3 Å². The zero-order valence-electron chi connectivity index (χ0n) is 18.7. The molecule has 2 aromatic heterocycles. The monoisotopic (exact) mass is 554 g/mol. The average molecular weight is 556 g/mol. The molecule has 34 heavy (non-hydrogen) atoms. The molecule has 0 saturated heterocycles. The Kier molecular flexibility index (Phi) is 10.2. The number of aliphatic carboxylic acids is 1. The Morgan fingerprint density at radius 2 is 1.85 bits per heavy atom. The van der Waals surface area contributed by atoms with Crippen LogP contribution in [0.3, 0.4) is 0 Å². The van der Waals surface area contributed by atoms with Gasteiger partial charge in [0.1, 0.15) is 9.85 Å². The first-order valence-electron chi connectivity index (χ1n) is 10.4. The van der Waals surface area contributed by atoms with Gasteiger partial charge in [0.25, 0.3) is 0 Å². The lowest BCUT2D eigenvalue weighted by Gasteiger charge is -2.18. The smallest absolute Gasteiger partial charge is 0.304 e. The summed E-state index contributed by atoms with van der Waals surface area (Å²) in [5.74, 6) is 0.431. The second kappa shape index (κ2) is 12.8. The van der Waals surface area contributed by atoms with Gasteiger partial charge in [-0.15, -0.1) is 34.9 Å². The highest BCUT2D eigenvalue weighted by atomic mass is 35.5. The van der Waals surface area contributed by atoms with E-state index in [1.807, 2.05) is 42.5 Å². The molecule has 3 rings (SSSR count). The maximum absolute atomic E-state index is 11.9. The molecule has 0 aliphatic rings. The van der Waals surface area contributed by atoms with Crippen LogP contribution in [0.4, 0.5) is 0 Å². The summed E-state index contributed by atoms with van der Waals surface area (Å²) in [7, 11) is 3.49. The minimum absolute atomic E-state index is 0.0314. The van der Waals surface area contributed by atoms with Gasteiger partial charge in [-0.2, -0.15) is 0 Å². The largest absolute Gasteiger partial charge is 0.481 e. The Morgan fingerprint density at radius 1 is 1.12 bits per heavy atom. The van der Waals surface area contributed by atoms with E-state index >= 15 is 0 Å². The third kappa shape index (κ3) is 7.65. The molecule has 180 valence electrons. The number of benzene rings is 1. The maximum Gasteiger partial charge on any atom is 0.304 e. The summed E-state index contributed by atoms with van der Waals surface area (Å²) in [5.41, 5.74) is 3.56. The highest BCUT2D eigenvalue weighted by Crippen LogP contribution is 2.41. The van der Waals surface area contributed by atoms with Crippen LogP contribution in [0, 0.1) is 0 Å². The quantitative estimate of drug-likeness (QED) is 0.253. The number of carbonyl (C=O) groups is 2. The van der Waals surface area contributed by atoms with Gasteiger partial charge in [-0.05, 0) is 35.4 Å². The lowest BCUT2D eigenvalue weighted by Crippen LogP contribution is -2.21. The molecule has 1 aromatic carbocycles. The summed E-state index contributed by atoms with van der Waals surface area (Å²) in [6.07, 6.45) is 4.45. The summed E-state index contributed by atoms with van der Waals surface area (Å²) >= 11 is 17.0. The van der Waals surface area contributed by atoms with Gasteiger partial charge in [0.2, 0.25) is 5.91 Å². The first-order chi connectivity index (χ1) is 16.2. The molecule has 0 fully saturated rings. The first kappa shape index (κ1) is 26.9. The van der Waals surface area contributed by atoms with Gasteiger partial charge < -0.3 is 10.0 Å². The molecule has 1 amide bonds. The molecule has 3 aromatic rings. The zero-order valence-corrected chi connectivity index (χ0v) is 22.6. The van der Waals surface area contributed by atoms with Crippen molar-refractivity contribution < 1.29 is 14.7 Å². The van der Waals surface area contributed by atoms with Crippen molar-refractivity contribution in [2.75, 3.05) is 25.6 Å². The second-order valence-corrected chi connectivity index (χ2v) is 12.3. The SMILES string of the molecule is CN(C)C(=O)CCSC(SCCC(=O)O)c1cccc(C=Cc2ccc3sc(Cl)c(Cl)c3n2)c1. The number of pyridine rings is 1. The fraction of sp³-hybridized carbons (Fsp3) is 0.292. The maximum atomic E-state index is 11.9. The summed E-state index contributed by atoms with van der Waals surface area (Å²) < 4.78 is 1.51. The molecule has 10 heteroatoms. The molecule has 0 bridgehead atoms. The van der Waals surface area contributed by atoms with Crippen molar-refractivity contribution in [3.63, 3.8) is 0 Å². The molecule has 0 aliphatic carbocycles. The number of hydrogen-bond acceptors (Lipinski definition) is 6. The van der Waals surface area contributed by atoms with Gasteiger partial charge in [-0.25, -0.2) is 4.98 Å². The predicted molar refractivity (Wildman–Crippen MR) is 148 cm³/mol. The molecular formula is C24H24Cl2N2O3S3. The van der Waals surface area contributed by atoms with Crippen LogP contribution in [-0.2, 0) is 9.59 Å². The zero-order chi connectivity index (χ0) is 24.7. The fourth-order valence-electron chi connectivity index (χ4n) is 2.99. The fourth-order valence-corrected chi connectivity index (χ4v) is 7.06. The Balaban J connectivity index is 1.74. The summed E-state index contributed by atoms with van der Waals surface area (Å²) in [4.78, 5) is 29.1. The number of aromatic nitrogens is 1. The predicted octanol–water partition coefficient (Wildman–Crippen LogP) is 7.19. The van der Waals surface area contributed by atoms with Gasteiger partial charge in [0.05, 0.1) is 26.4 Å². The van der Waals surface area contributed by atoms with Crippen LogP contribution in [-0.4, -0.2) is 52.5 Å². The Labute approximate surface area is 221 Å². The van der Waals surface area contributed by atoms with Crippen LogP contribution < -0.4 is 0 Å². The number of carboxylic acid groups (broad SMARTS) is 1. The number of thioether (sulfide) groups is 2. The van der Waals surface area contributed by atoms with Crippen molar-refractivity contribution in [1.29, 1.82) is 0 Å². The minimum Gasteiger partial charge on any atom is -0.481 e. The van der Waals surface area contributed by atoms with E-state index in [0.717, 1.165) is 21.5 Å². The second-order valence-electron chi connectivity index (χ2n) is 7.53.